The summed E-state index contributed by atoms with van der Waals surface area (Å²) in [4.78, 5) is 18.7. The van der Waals surface area contributed by atoms with E-state index in [0.717, 1.165) is 17.7 Å². The molecule has 4 rings (SSSR count). The predicted molar refractivity (Wildman–Crippen MR) is 134 cm³/mol. The van der Waals surface area contributed by atoms with Gasteiger partial charge in [-0.25, -0.2) is 0 Å². The molecule has 0 radical (unpaired) electrons. The molecule has 2 atom stereocenters. The van der Waals surface area contributed by atoms with Crippen molar-refractivity contribution in [2.75, 3.05) is 19.8 Å². The van der Waals surface area contributed by atoms with Crippen LogP contribution in [0.15, 0.2) is 53.5 Å². The van der Waals surface area contributed by atoms with Gasteiger partial charge in [-0.05, 0) is 68.9 Å². The normalized spacial score (nSPS) is 23.4. The second-order valence-electron chi connectivity index (χ2n) is 10.6. The minimum absolute atomic E-state index is 0.00698. The maximum Gasteiger partial charge on any atom is 0.416 e. The van der Waals surface area contributed by atoms with E-state index in [9.17, 15) is 31.1 Å². The molecule has 2 aliphatic rings. The summed E-state index contributed by atoms with van der Waals surface area (Å²) in [6.07, 6.45) is -6.54. The Kier molecular flexibility index (Phi) is 8.14. The van der Waals surface area contributed by atoms with Crippen molar-refractivity contribution in [2.24, 2.45) is 4.99 Å². The van der Waals surface area contributed by atoms with Crippen LogP contribution >= 0.6 is 0 Å². The average Bonchev–Trinajstić information content (AvgIpc) is 3.15. The quantitative estimate of drug-likeness (QED) is 0.323. The van der Waals surface area contributed by atoms with E-state index in [4.69, 9.17) is 4.74 Å². The SMILES string of the molecule is CC1(C)N=CN([C@H]2CC[C@@](COCCCc3cc(C(F)(F)F)cc(C(F)(F)F)c3)(c3ccccc3)NC2)C1=O. The lowest BCUT2D eigenvalue weighted by atomic mass is 9.81. The Hall–Kier alpha value is -2.92. The van der Waals surface area contributed by atoms with Gasteiger partial charge in [0, 0.05) is 13.2 Å². The summed E-state index contributed by atoms with van der Waals surface area (Å²) in [5, 5.41) is 3.55. The smallest absolute Gasteiger partial charge is 0.379 e. The van der Waals surface area contributed by atoms with Gasteiger partial charge in [0.05, 0.1) is 35.7 Å². The first kappa shape index (κ1) is 29.1. The van der Waals surface area contributed by atoms with E-state index in [-0.39, 0.29) is 49.6 Å². The summed E-state index contributed by atoms with van der Waals surface area (Å²) in [5.41, 5.74) is -3.01. The van der Waals surface area contributed by atoms with Gasteiger partial charge in [-0.2, -0.15) is 26.3 Å². The fourth-order valence-corrected chi connectivity index (χ4v) is 5.04. The maximum absolute atomic E-state index is 13.1. The van der Waals surface area contributed by atoms with E-state index in [1.54, 1.807) is 25.1 Å². The highest BCUT2D eigenvalue weighted by atomic mass is 19.4. The topological polar surface area (TPSA) is 53.9 Å². The van der Waals surface area contributed by atoms with E-state index in [2.05, 4.69) is 10.3 Å². The Morgan fingerprint density at radius 1 is 1.03 bits per heavy atom. The predicted octanol–water partition coefficient (Wildman–Crippen LogP) is 5.97. The van der Waals surface area contributed by atoms with Gasteiger partial charge in [-0.3, -0.25) is 14.7 Å². The molecule has 0 aliphatic carbocycles. The van der Waals surface area contributed by atoms with Gasteiger partial charge in [0.1, 0.15) is 5.54 Å². The third kappa shape index (κ3) is 6.63. The zero-order valence-electron chi connectivity index (χ0n) is 21.7. The molecule has 0 unspecified atom stereocenters. The minimum atomic E-state index is -4.87. The number of nitrogens with zero attached hydrogens (tertiary/aromatic N) is 2. The maximum atomic E-state index is 13.1. The Bertz CT molecular complexity index is 1150. The minimum Gasteiger partial charge on any atom is -0.379 e. The molecule has 1 saturated heterocycles. The molecule has 1 N–H and O–H groups in total. The van der Waals surface area contributed by atoms with Crippen LogP contribution in [0.25, 0.3) is 0 Å². The summed E-state index contributed by atoms with van der Waals surface area (Å²) in [6, 6.07) is 11.3. The third-order valence-corrected chi connectivity index (χ3v) is 7.31. The Morgan fingerprint density at radius 3 is 2.18 bits per heavy atom. The number of rotatable bonds is 8. The molecule has 0 bridgehead atoms. The molecule has 0 saturated carbocycles. The van der Waals surface area contributed by atoms with Gasteiger partial charge >= 0.3 is 12.4 Å². The molecule has 0 aromatic heterocycles. The number of aliphatic imine (C=N–C) groups is 1. The van der Waals surface area contributed by atoms with Gasteiger partial charge in [0.2, 0.25) is 0 Å². The van der Waals surface area contributed by atoms with Crippen molar-refractivity contribution < 1.29 is 35.9 Å². The van der Waals surface area contributed by atoms with Gasteiger partial charge in [0.25, 0.3) is 5.91 Å². The number of nitrogens with one attached hydrogen (secondary N) is 1. The lowest BCUT2D eigenvalue weighted by molar-refractivity contribution is -0.143. The average molecular weight is 556 g/mol. The standard InChI is InChI=1S/C28H31F6N3O2/c1-25(2)24(38)37(18-36-25)23-10-11-26(35-16-23,20-8-4-3-5-9-20)17-39-12-6-7-19-13-21(27(29,30)31)15-22(14-19)28(32,33)34/h3-5,8-9,13-15,18,23,35H,6-7,10-12,16-17H2,1-2H3/t23-,26+/m0/s1. The number of hydrogen-bond donors (Lipinski definition) is 1. The van der Waals surface area contributed by atoms with Crippen LogP contribution in [-0.4, -0.2) is 48.5 Å². The number of ether oxygens (including phenoxy) is 1. The fourth-order valence-electron chi connectivity index (χ4n) is 5.04. The molecular weight excluding hydrogens is 524 g/mol. The fraction of sp³-hybridized carbons (Fsp3) is 0.500. The first-order valence-corrected chi connectivity index (χ1v) is 12.8. The molecule has 2 heterocycles. The van der Waals surface area contributed by atoms with Crippen LogP contribution in [0.4, 0.5) is 26.3 Å². The largest absolute Gasteiger partial charge is 0.416 e. The summed E-state index contributed by atoms with van der Waals surface area (Å²) in [5.74, 6) is -0.0546. The number of amides is 1. The van der Waals surface area contributed by atoms with Gasteiger partial charge < -0.3 is 10.1 Å². The highest BCUT2D eigenvalue weighted by molar-refractivity contribution is 5.99. The molecule has 5 nitrogen and oxygen atoms in total. The molecular formula is C28H31F6N3O2. The second-order valence-corrected chi connectivity index (χ2v) is 10.6. The van der Waals surface area contributed by atoms with E-state index in [0.29, 0.717) is 19.4 Å². The highest BCUT2D eigenvalue weighted by Crippen LogP contribution is 2.37. The van der Waals surface area contributed by atoms with Crippen LogP contribution in [0.3, 0.4) is 0 Å². The molecule has 2 aromatic rings. The molecule has 1 fully saturated rings. The Morgan fingerprint density at radius 2 is 1.67 bits per heavy atom. The number of aryl methyl sites for hydroxylation is 1. The van der Waals surface area contributed by atoms with Gasteiger partial charge in [-0.15, -0.1) is 0 Å². The molecule has 1 amide bonds. The van der Waals surface area contributed by atoms with Crippen LogP contribution < -0.4 is 5.32 Å². The summed E-state index contributed by atoms with van der Waals surface area (Å²) < 4.78 is 84.8. The number of halogens is 6. The van der Waals surface area contributed by atoms with Crippen LogP contribution in [0.1, 0.15) is 55.4 Å². The summed E-state index contributed by atoms with van der Waals surface area (Å²) in [6.45, 7) is 4.47. The Labute approximate surface area is 223 Å². The van der Waals surface area contributed by atoms with E-state index < -0.39 is 34.6 Å². The molecule has 39 heavy (non-hydrogen) atoms. The van der Waals surface area contributed by atoms with Crippen molar-refractivity contribution in [3.05, 3.63) is 70.8 Å². The number of piperidine rings is 1. The van der Waals surface area contributed by atoms with Gasteiger partial charge in [0.15, 0.2) is 0 Å². The van der Waals surface area contributed by atoms with Crippen molar-refractivity contribution in [3.63, 3.8) is 0 Å². The lowest BCUT2D eigenvalue weighted by Gasteiger charge is -2.43. The van der Waals surface area contributed by atoms with Crippen molar-refractivity contribution in [3.8, 4) is 0 Å². The third-order valence-electron chi connectivity index (χ3n) is 7.31. The second kappa shape index (κ2) is 10.9. The van der Waals surface area contributed by atoms with Crippen LogP contribution in [0.2, 0.25) is 0 Å². The van der Waals surface area contributed by atoms with E-state index in [1.807, 2.05) is 30.3 Å². The Balaban J connectivity index is 1.38. The molecule has 2 aromatic carbocycles. The number of alkyl halides is 6. The van der Waals surface area contributed by atoms with Crippen LogP contribution in [0.5, 0.6) is 0 Å². The first-order chi connectivity index (χ1) is 18.2. The highest BCUT2D eigenvalue weighted by Gasteiger charge is 2.44. The molecule has 11 heteroatoms. The van der Waals surface area contributed by atoms with Gasteiger partial charge in [-0.1, -0.05) is 30.3 Å². The summed E-state index contributed by atoms with van der Waals surface area (Å²) in [7, 11) is 0. The lowest BCUT2D eigenvalue weighted by Crippen LogP contribution is -2.58. The van der Waals surface area contributed by atoms with Crippen LogP contribution in [-0.2, 0) is 33.8 Å². The van der Waals surface area contributed by atoms with E-state index in [1.165, 1.54) is 0 Å². The van der Waals surface area contributed by atoms with Crippen molar-refractivity contribution in [2.45, 2.75) is 69.0 Å². The van der Waals surface area contributed by atoms with Crippen LogP contribution in [0, 0.1) is 0 Å². The van der Waals surface area contributed by atoms with E-state index >= 15 is 0 Å². The molecule has 212 valence electrons. The van der Waals surface area contributed by atoms with Crippen molar-refractivity contribution >= 4 is 12.2 Å². The molecule has 2 aliphatic heterocycles. The first-order valence-electron chi connectivity index (χ1n) is 12.8. The zero-order chi connectivity index (χ0) is 28.5. The number of carbonyl (C=O) groups excluding carboxylic acids is 1. The van der Waals surface area contributed by atoms with Crippen molar-refractivity contribution in [1.29, 1.82) is 0 Å². The number of benzene rings is 2. The monoisotopic (exact) mass is 555 g/mol. The van der Waals surface area contributed by atoms with Crippen molar-refractivity contribution in [1.82, 2.24) is 10.2 Å². The number of carbonyl (C=O) groups is 1. The molecule has 0 spiro atoms. The zero-order valence-corrected chi connectivity index (χ0v) is 21.7. The number of hydrogen-bond acceptors (Lipinski definition) is 4. The summed E-state index contributed by atoms with van der Waals surface area (Å²) >= 11 is 0.